The van der Waals surface area contributed by atoms with Gasteiger partial charge in [0.05, 0.1) is 5.52 Å². The Morgan fingerprint density at radius 2 is 1.56 bits per heavy atom. The Bertz CT molecular complexity index is 550. The van der Waals surface area contributed by atoms with Crippen molar-refractivity contribution in [1.29, 1.82) is 0 Å². The van der Waals surface area contributed by atoms with Crippen LogP contribution in [-0.4, -0.2) is 4.37 Å². The molecule has 1 aromatic heterocycles. The fourth-order valence-electron chi connectivity index (χ4n) is 2.55. The second-order valence-electron chi connectivity index (χ2n) is 4.91. The molecule has 0 bridgehead atoms. The molecule has 86 valence electrons. The molecule has 16 heavy (non-hydrogen) atoms. The van der Waals surface area contributed by atoms with Gasteiger partial charge in [-0.15, -0.1) is 0 Å². The van der Waals surface area contributed by atoms with Gasteiger partial charge < -0.3 is 0 Å². The Labute approximate surface area is 102 Å². The van der Waals surface area contributed by atoms with Crippen molar-refractivity contribution in [2.24, 2.45) is 0 Å². The van der Waals surface area contributed by atoms with Gasteiger partial charge in [0.25, 0.3) is 0 Å². The van der Waals surface area contributed by atoms with Crippen LogP contribution in [0.4, 0.5) is 0 Å². The lowest BCUT2D eigenvalue weighted by Gasteiger charge is -2.16. The van der Waals surface area contributed by atoms with Gasteiger partial charge in [0.2, 0.25) is 0 Å². The van der Waals surface area contributed by atoms with E-state index in [2.05, 4.69) is 45.9 Å². The molecular weight excluding hydrogens is 214 g/mol. The Morgan fingerprint density at radius 1 is 0.938 bits per heavy atom. The van der Waals surface area contributed by atoms with E-state index < -0.39 is 0 Å². The summed E-state index contributed by atoms with van der Waals surface area (Å²) in [6, 6.07) is 0. The quantitative estimate of drug-likeness (QED) is 0.698. The molecule has 1 heterocycles. The molecule has 2 rings (SSSR count). The molecule has 0 aliphatic rings. The Kier molecular flexibility index (Phi) is 2.79. The van der Waals surface area contributed by atoms with Gasteiger partial charge in [-0.1, -0.05) is 13.8 Å². The van der Waals surface area contributed by atoms with Crippen molar-refractivity contribution >= 4 is 22.4 Å². The van der Waals surface area contributed by atoms with E-state index in [-0.39, 0.29) is 0 Å². The van der Waals surface area contributed by atoms with E-state index in [1.54, 1.807) is 11.5 Å². The first-order valence-electron chi connectivity index (χ1n) is 5.80. The molecule has 0 unspecified atom stereocenters. The number of hydrogen-bond donors (Lipinski definition) is 0. The predicted molar refractivity (Wildman–Crippen MR) is 72.7 cm³/mol. The van der Waals surface area contributed by atoms with Crippen molar-refractivity contribution < 1.29 is 0 Å². The molecule has 1 nitrogen and oxygen atoms in total. The molecule has 0 saturated heterocycles. The number of aryl methyl sites for hydroxylation is 2. The third-order valence-electron chi connectivity index (χ3n) is 3.60. The molecule has 0 radical (unpaired) electrons. The van der Waals surface area contributed by atoms with Crippen LogP contribution in [0.15, 0.2) is 0 Å². The fraction of sp³-hybridized carbons (Fsp3) is 0.500. The summed E-state index contributed by atoms with van der Waals surface area (Å²) in [7, 11) is 0. The summed E-state index contributed by atoms with van der Waals surface area (Å²) in [6.07, 6.45) is 0. The molecule has 2 heteroatoms. The summed E-state index contributed by atoms with van der Waals surface area (Å²) in [6.45, 7) is 13.4. The zero-order valence-electron chi connectivity index (χ0n) is 10.9. The Morgan fingerprint density at radius 3 is 2.12 bits per heavy atom. The van der Waals surface area contributed by atoms with Crippen LogP contribution in [0.5, 0.6) is 0 Å². The largest absolute Gasteiger partial charge is 0.192 e. The summed E-state index contributed by atoms with van der Waals surface area (Å²) in [4.78, 5) is 1.34. The third-order valence-corrected chi connectivity index (χ3v) is 4.35. The highest BCUT2D eigenvalue weighted by Gasteiger charge is 2.17. The maximum atomic E-state index is 4.64. The van der Waals surface area contributed by atoms with E-state index in [9.17, 15) is 0 Å². The molecule has 0 amide bonds. The van der Waals surface area contributed by atoms with Crippen molar-refractivity contribution in [2.45, 2.75) is 47.5 Å². The van der Waals surface area contributed by atoms with Crippen LogP contribution in [0.25, 0.3) is 10.9 Å². The molecule has 0 N–H and O–H groups in total. The van der Waals surface area contributed by atoms with E-state index in [1.807, 2.05) is 0 Å². The highest BCUT2D eigenvalue weighted by Crippen LogP contribution is 2.36. The summed E-state index contributed by atoms with van der Waals surface area (Å²) in [5.41, 5.74) is 6.92. The van der Waals surface area contributed by atoms with Crippen LogP contribution in [0.2, 0.25) is 0 Å². The minimum Gasteiger partial charge on any atom is -0.192 e. The summed E-state index contributed by atoms with van der Waals surface area (Å²) >= 11 is 1.63. The molecule has 1 aromatic carbocycles. The molecule has 0 aliphatic heterocycles. The van der Waals surface area contributed by atoms with Gasteiger partial charge in [0.1, 0.15) is 0 Å². The minimum absolute atomic E-state index is 0.545. The topological polar surface area (TPSA) is 12.9 Å². The molecule has 0 atom stereocenters. The minimum atomic E-state index is 0.545. The molecule has 0 spiro atoms. The molecule has 0 saturated carbocycles. The van der Waals surface area contributed by atoms with Crippen LogP contribution in [-0.2, 0) is 0 Å². The summed E-state index contributed by atoms with van der Waals surface area (Å²) in [5.74, 6) is 0.545. The van der Waals surface area contributed by atoms with E-state index in [1.165, 1.54) is 38.0 Å². The van der Waals surface area contributed by atoms with Gasteiger partial charge in [0.15, 0.2) is 0 Å². The van der Waals surface area contributed by atoms with Gasteiger partial charge in [0, 0.05) is 10.3 Å². The lowest BCUT2D eigenvalue weighted by Crippen LogP contribution is -1.99. The number of fused-ring (bicyclic) bond motifs is 1. The lowest BCUT2D eigenvalue weighted by atomic mass is 9.89. The molecule has 2 aromatic rings. The monoisotopic (exact) mass is 233 g/mol. The average Bonchev–Trinajstić information content (AvgIpc) is 2.57. The van der Waals surface area contributed by atoms with E-state index in [0.717, 1.165) is 0 Å². The number of rotatable bonds is 1. The third kappa shape index (κ3) is 1.47. The van der Waals surface area contributed by atoms with Gasteiger partial charge in [-0.05, 0) is 67.4 Å². The van der Waals surface area contributed by atoms with Crippen molar-refractivity contribution in [3.8, 4) is 0 Å². The smallest absolute Gasteiger partial charge is 0.0883 e. The van der Waals surface area contributed by atoms with E-state index >= 15 is 0 Å². The zero-order chi connectivity index (χ0) is 12.0. The first kappa shape index (κ1) is 11.6. The maximum Gasteiger partial charge on any atom is 0.0883 e. The summed E-state index contributed by atoms with van der Waals surface area (Å²) in [5, 5.41) is 1.39. The van der Waals surface area contributed by atoms with Gasteiger partial charge in [-0.2, -0.15) is 4.37 Å². The molecule has 0 fully saturated rings. The van der Waals surface area contributed by atoms with Gasteiger partial charge >= 0.3 is 0 Å². The lowest BCUT2D eigenvalue weighted by molar-refractivity contribution is 0.861. The summed E-state index contributed by atoms with van der Waals surface area (Å²) < 4.78 is 4.64. The first-order valence-corrected chi connectivity index (χ1v) is 6.58. The van der Waals surface area contributed by atoms with Crippen LogP contribution in [0.1, 0.15) is 46.9 Å². The number of nitrogens with zero attached hydrogens (tertiary/aromatic N) is 1. The van der Waals surface area contributed by atoms with Crippen LogP contribution in [0.3, 0.4) is 0 Å². The molecule has 0 aliphatic carbocycles. The Balaban J connectivity index is 2.99. The van der Waals surface area contributed by atoms with Crippen molar-refractivity contribution in [3.05, 3.63) is 27.1 Å². The normalized spacial score (nSPS) is 11.7. The number of benzene rings is 1. The highest BCUT2D eigenvalue weighted by molar-refractivity contribution is 7.07. The molecular formula is C14H19NS. The van der Waals surface area contributed by atoms with Crippen LogP contribution < -0.4 is 0 Å². The van der Waals surface area contributed by atoms with Crippen molar-refractivity contribution in [1.82, 2.24) is 4.37 Å². The fourth-order valence-corrected chi connectivity index (χ4v) is 3.31. The van der Waals surface area contributed by atoms with E-state index in [0.29, 0.717) is 5.92 Å². The average molecular weight is 233 g/mol. The Hall–Kier alpha value is -0.890. The highest BCUT2D eigenvalue weighted by atomic mass is 32.1. The zero-order valence-corrected chi connectivity index (χ0v) is 11.7. The number of hydrogen-bond acceptors (Lipinski definition) is 2. The predicted octanol–water partition coefficient (Wildman–Crippen LogP) is 4.65. The van der Waals surface area contributed by atoms with Gasteiger partial charge in [-0.25, -0.2) is 0 Å². The maximum absolute atomic E-state index is 4.64. The van der Waals surface area contributed by atoms with Crippen LogP contribution >= 0.6 is 11.5 Å². The standard InChI is InChI=1S/C14H19NS/c1-7(2)12-9(4)8(3)10(5)13-11(6)16-15-14(12)13/h7H,1-6H3. The first-order chi connectivity index (χ1) is 7.45. The van der Waals surface area contributed by atoms with Gasteiger partial charge in [-0.3, -0.25) is 0 Å². The number of aromatic nitrogens is 1. The van der Waals surface area contributed by atoms with Crippen molar-refractivity contribution in [2.75, 3.05) is 0 Å². The van der Waals surface area contributed by atoms with Crippen molar-refractivity contribution in [3.63, 3.8) is 0 Å². The van der Waals surface area contributed by atoms with Crippen LogP contribution in [0, 0.1) is 27.7 Å². The SMILES string of the molecule is Cc1c(C)c(C)c2c(C)snc2c1C(C)C. The second-order valence-corrected chi connectivity index (χ2v) is 5.88. The second kappa shape index (κ2) is 3.85. The van der Waals surface area contributed by atoms with E-state index in [4.69, 9.17) is 0 Å².